The molecule has 0 radical (unpaired) electrons. The van der Waals surface area contributed by atoms with Crippen LogP contribution in [0.4, 0.5) is 13.2 Å². The van der Waals surface area contributed by atoms with Crippen LogP contribution in [0.2, 0.25) is 0 Å². The van der Waals surface area contributed by atoms with Crippen molar-refractivity contribution in [2.75, 3.05) is 6.61 Å². The van der Waals surface area contributed by atoms with Crippen LogP contribution in [0, 0.1) is 5.92 Å². The number of hydrogen-bond acceptors (Lipinski definition) is 3. The Hall–Kier alpha value is -1.56. The maximum atomic E-state index is 12.2. The minimum atomic E-state index is -4.76. The van der Waals surface area contributed by atoms with Crippen LogP contribution in [0.1, 0.15) is 23.7 Å². The molecule has 0 N–H and O–H groups in total. The van der Waals surface area contributed by atoms with Crippen LogP contribution in [0.5, 0.6) is 5.75 Å². The summed E-state index contributed by atoms with van der Waals surface area (Å²) < 4.78 is 45.4. The summed E-state index contributed by atoms with van der Waals surface area (Å²) in [4.78, 5) is 12.2. The maximum Gasteiger partial charge on any atom is 0.573 e. The SMILES string of the molecule is CC1OCCC1C(=O)c1cccc(OC(F)(F)F)c1. The molecule has 2 atom stereocenters. The highest BCUT2D eigenvalue weighted by Crippen LogP contribution is 2.28. The quantitative estimate of drug-likeness (QED) is 0.794. The lowest BCUT2D eigenvalue weighted by molar-refractivity contribution is -0.274. The molecule has 0 spiro atoms. The van der Waals surface area contributed by atoms with Crippen LogP contribution in [0.25, 0.3) is 0 Å². The van der Waals surface area contributed by atoms with Gasteiger partial charge < -0.3 is 9.47 Å². The second-order valence-corrected chi connectivity index (χ2v) is 4.41. The monoisotopic (exact) mass is 274 g/mol. The van der Waals surface area contributed by atoms with Crippen molar-refractivity contribution in [3.8, 4) is 5.75 Å². The standard InChI is InChI=1S/C13H13F3O3/c1-8-11(5-6-18-8)12(17)9-3-2-4-10(7-9)19-13(14,15)16/h2-4,7-8,11H,5-6H2,1H3. The van der Waals surface area contributed by atoms with Crippen LogP contribution >= 0.6 is 0 Å². The fourth-order valence-electron chi connectivity index (χ4n) is 2.14. The molecule has 2 unspecified atom stereocenters. The smallest absolute Gasteiger partial charge is 0.406 e. The van der Waals surface area contributed by atoms with Gasteiger partial charge in [-0.3, -0.25) is 4.79 Å². The zero-order chi connectivity index (χ0) is 14.0. The average molecular weight is 274 g/mol. The highest BCUT2D eigenvalue weighted by atomic mass is 19.4. The zero-order valence-corrected chi connectivity index (χ0v) is 10.2. The molecule has 1 aromatic carbocycles. The number of ketones is 1. The Morgan fingerprint density at radius 2 is 2.16 bits per heavy atom. The van der Waals surface area contributed by atoms with Gasteiger partial charge in [0.1, 0.15) is 5.75 Å². The summed E-state index contributed by atoms with van der Waals surface area (Å²) in [6, 6.07) is 5.13. The van der Waals surface area contributed by atoms with Crippen molar-refractivity contribution in [3.63, 3.8) is 0 Å². The van der Waals surface area contributed by atoms with Gasteiger partial charge in [-0.15, -0.1) is 13.2 Å². The summed E-state index contributed by atoms with van der Waals surface area (Å²) in [6.07, 6.45) is -4.38. The summed E-state index contributed by atoms with van der Waals surface area (Å²) in [6.45, 7) is 2.28. The molecule has 1 aromatic rings. The number of ether oxygens (including phenoxy) is 2. The minimum absolute atomic E-state index is 0.209. The molecule has 0 bridgehead atoms. The van der Waals surface area contributed by atoms with Gasteiger partial charge in [-0.05, 0) is 25.5 Å². The number of benzene rings is 1. The van der Waals surface area contributed by atoms with E-state index in [-0.39, 0.29) is 29.1 Å². The highest BCUT2D eigenvalue weighted by molar-refractivity contribution is 5.98. The topological polar surface area (TPSA) is 35.5 Å². The minimum Gasteiger partial charge on any atom is -0.406 e. The number of Topliss-reactive ketones (excluding diaryl/α,β-unsaturated/α-hetero) is 1. The fraction of sp³-hybridized carbons (Fsp3) is 0.462. The molecule has 19 heavy (non-hydrogen) atoms. The van der Waals surface area contributed by atoms with Gasteiger partial charge in [-0.25, -0.2) is 0 Å². The predicted molar refractivity (Wildman–Crippen MR) is 61.0 cm³/mol. The first-order chi connectivity index (χ1) is 8.87. The van der Waals surface area contributed by atoms with Gasteiger partial charge in [0, 0.05) is 12.2 Å². The molecular weight excluding hydrogens is 261 g/mol. The van der Waals surface area contributed by atoms with Crippen molar-refractivity contribution in [1.29, 1.82) is 0 Å². The second kappa shape index (κ2) is 5.21. The molecule has 0 amide bonds. The molecule has 104 valence electrons. The second-order valence-electron chi connectivity index (χ2n) is 4.41. The van der Waals surface area contributed by atoms with Crippen LogP contribution < -0.4 is 4.74 Å². The van der Waals surface area contributed by atoms with E-state index >= 15 is 0 Å². The van der Waals surface area contributed by atoms with Crippen LogP contribution in [0.15, 0.2) is 24.3 Å². The fourth-order valence-corrected chi connectivity index (χ4v) is 2.14. The molecule has 1 heterocycles. The summed E-state index contributed by atoms with van der Waals surface area (Å²) in [7, 11) is 0. The van der Waals surface area contributed by atoms with Crippen molar-refractivity contribution in [1.82, 2.24) is 0 Å². The zero-order valence-electron chi connectivity index (χ0n) is 10.2. The highest BCUT2D eigenvalue weighted by Gasteiger charge is 2.33. The van der Waals surface area contributed by atoms with E-state index in [1.165, 1.54) is 18.2 Å². The van der Waals surface area contributed by atoms with E-state index in [1.54, 1.807) is 6.92 Å². The molecule has 2 rings (SSSR count). The molecule has 0 aliphatic carbocycles. The van der Waals surface area contributed by atoms with E-state index in [0.29, 0.717) is 13.0 Å². The third-order valence-corrected chi connectivity index (χ3v) is 3.07. The molecule has 0 aromatic heterocycles. The first-order valence-electron chi connectivity index (χ1n) is 5.88. The molecule has 1 fully saturated rings. The molecule has 1 saturated heterocycles. The van der Waals surface area contributed by atoms with Crippen molar-refractivity contribution in [2.24, 2.45) is 5.92 Å². The molecule has 6 heteroatoms. The Balaban J connectivity index is 2.16. The van der Waals surface area contributed by atoms with E-state index in [0.717, 1.165) is 6.07 Å². The third kappa shape index (κ3) is 3.47. The van der Waals surface area contributed by atoms with Crippen LogP contribution in [-0.4, -0.2) is 24.9 Å². The number of alkyl halides is 3. The third-order valence-electron chi connectivity index (χ3n) is 3.07. The summed E-state index contributed by atoms with van der Waals surface area (Å²) >= 11 is 0. The molecule has 0 saturated carbocycles. The van der Waals surface area contributed by atoms with Crippen LogP contribution in [0.3, 0.4) is 0 Å². The van der Waals surface area contributed by atoms with Gasteiger partial charge in [-0.2, -0.15) is 0 Å². The molecule has 3 nitrogen and oxygen atoms in total. The van der Waals surface area contributed by atoms with Gasteiger partial charge in [0.25, 0.3) is 0 Å². The van der Waals surface area contributed by atoms with Gasteiger partial charge >= 0.3 is 6.36 Å². The first-order valence-corrected chi connectivity index (χ1v) is 5.88. The normalized spacial score (nSPS) is 23.4. The summed E-state index contributed by atoms with van der Waals surface area (Å²) in [5.41, 5.74) is 0.212. The van der Waals surface area contributed by atoms with Crippen LogP contribution in [-0.2, 0) is 4.74 Å². The van der Waals surface area contributed by atoms with Crippen molar-refractivity contribution < 1.29 is 27.4 Å². The van der Waals surface area contributed by atoms with Crippen molar-refractivity contribution >= 4 is 5.78 Å². The lowest BCUT2D eigenvalue weighted by Crippen LogP contribution is -2.22. The van der Waals surface area contributed by atoms with Crippen molar-refractivity contribution in [2.45, 2.75) is 25.8 Å². The largest absolute Gasteiger partial charge is 0.573 e. The van der Waals surface area contributed by atoms with Gasteiger partial charge in [0.15, 0.2) is 5.78 Å². The lowest BCUT2D eigenvalue weighted by Gasteiger charge is -2.14. The Labute approximate surface area is 108 Å². The number of rotatable bonds is 3. The lowest BCUT2D eigenvalue weighted by atomic mass is 9.92. The van der Waals surface area contributed by atoms with E-state index in [1.807, 2.05) is 0 Å². The van der Waals surface area contributed by atoms with Crippen molar-refractivity contribution in [3.05, 3.63) is 29.8 Å². The average Bonchev–Trinajstić information content (AvgIpc) is 2.72. The van der Waals surface area contributed by atoms with E-state index in [2.05, 4.69) is 4.74 Å². The Morgan fingerprint density at radius 1 is 1.42 bits per heavy atom. The predicted octanol–water partition coefficient (Wildman–Crippen LogP) is 3.19. The number of carbonyl (C=O) groups is 1. The van der Waals surface area contributed by atoms with E-state index < -0.39 is 6.36 Å². The van der Waals surface area contributed by atoms with Gasteiger partial charge in [0.05, 0.1) is 12.0 Å². The number of hydrogen-bond donors (Lipinski definition) is 0. The molecule has 1 aliphatic rings. The number of halogens is 3. The van der Waals surface area contributed by atoms with Gasteiger partial charge in [-0.1, -0.05) is 12.1 Å². The summed E-state index contributed by atoms with van der Waals surface area (Å²) in [5.74, 6) is -0.899. The Kier molecular flexibility index (Phi) is 3.80. The summed E-state index contributed by atoms with van der Waals surface area (Å²) in [5, 5.41) is 0. The number of carbonyl (C=O) groups excluding carboxylic acids is 1. The molecular formula is C13H13F3O3. The maximum absolute atomic E-state index is 12.2. The van der Waals surface area contributed by atoms with E-state index in [9.17, 15) is 18.0 Å². The van der Waals surface area contributed by atoms with Gasteiger partial charge in [0.2, 0.25) is 0 Å². The Morgan fingerprint density at radius 3 is 2.74 bits per heavy atom. The Bertz CT molecular complexity index is 470. The molecule has 1 aliphatic heterocycles. The van der Waals surface area contributed by atoms with E-state index in [4.69, 9.17) is 4.74 Å². The first kappa shape index (κ1) is 13.9.